The van der Waals surface area contributed by atoms with Crippen molar-refractivity contribution < 1.29 is 0 Å². The minimum atomic E-state index is 0.479. The Morgan fingerprint density at radius 1 is 1.41 bits per heavy atom. The van der Waals surface area contributed by atoms with Crippen LogP contribution in [0.3, 0.4) is 0 Å². The van der Waals surface area contributed by atoms with Crippen molar-refractivity contribution in [2.24, 2.45) is 0 Å². The molecule has 0 aromatic carbocycles. The van der Waals surface area contributed by atoms with Gasteiger partial charge in [-0.3, -0.25) is 0 Å². The van der Waals surface area contributed by atoms with Crippen molar-refractivity contribution in [1.82, 2.24) is 4.98 Å². The van der Waals surface area contributed by atoms with Crippen LogP contribution in [0.4, 0.5) is 5.82 Å². The lowest BCUT2D eigenvalue weighted by Gasteiger charge is -2.28. The van der Waals surface area contributed by atoms with E-state index in [1.54, 1.807) is 11.3 Å². The Hall–Kier alpha value is -0.610. The Morgan fingerprint density at radius 3 is 2.94 bits per heavy atom. The van der Waals surface area contributed by atoms with Gasteiger partial charge in [0, 0.05) is 34.2 Å². The Kier molecular flexibility index (Phi) is 4.40. The molecule has 92 valence electrons. The SMILES string of the molecule is CC(C)N(CCCBr)c1nccc2sccc12. The van der Waals surface area contributed by atoms with E-state index in [4.69, 9.17) is 0 Å². The highest BCUT2D eigenvalue weighted by molar-refractivity contribution is 9.09. The molecule has 0 unspecified atom stereocenters. The highest BCUT2D eigenvalue weighted by atomic mass is 79.9. The van der Waals surface area contributed by atoms with Crippen LogP contribution < -0.4 is 4.90 Å². The number of nitrogens with zero attached hydrogens (tertiary/aromatic N) is 2. The van der Waals surface area contributed by atoms with Crippen molar-refractivity contribution in [2.75, 3.05) is 16.8 Å². The van der Waals surface area contributed by atoms with Crippen LogP contribution in [0.1, 0.15) is 20.3 Å². The molecule has 0 radical (unpaired) electrons. The van der Waals surface area contributed by atoms with E-state index in [-0.39, 0.29) is 0 Å². The maximum Gasteiger partial charge on any atom is 0.137 e. The topological polar surface area (TPSA) is 16.1 Å². The molecule has 0 bridgehead atoms. The van der Waals surface area contributed by atoms with Crippen LogP contribution in [-0.2, 0) is 0 Å². The van der Waals surface area contributed by atoms with E-state index in [0.29, 0.717) is 6.04 Å². The third-order valence-corrected chi connectivity index (χ3v) is 4.23. The molecule has 0 saturated heterocycles. The normalized spacial score (nSPS) is 11.3. The van der Waals surface area contributed by atoms with Crippen molar-refractivity contribution in [2.45, 2.75) is 26.3 Å². The first-order chi connectivity index (χ1) is 8.24. The van der Waals surface area contributed by atoms with Gasteiger partial charge in [0.05, 0.1) is 0 Å². The molecular formula is C13H17BrN2S. The number of aromatic nitrogens is 1. The molecule has 0 aliphatic rings. The number of halogens is 1. The summed E-state index contributed by atoms with van der Waals surface area (Å²) in [6.45, 7) is 5.49. The average Bonchev–Trinajstić information content (AvgIpc) is 2.77. The molecule has 2 nitrogen and oxygen atoms in total. The Labute approximate surface area is 115 Å². The molecule has 0 atom stereocenters. The van der Waals surface area contributed by atoms with Gasteiger partial charge in [-0.2, -0.15) is 0 Å². The highest BCUT2D eigenvalue weighted by Crippen LogP contribution is 2.29. The molecule has 0 saturated carbocycles. The quantitative estimate of drug-likeness (QED) is 0.765. The number of alkyl halides is 1. The molecule has 0 amide bonds. The second kappa shape index (κ2) is 5.83. The number of pyridine rings is 1. The molecule has 2 heterocycles. The summed E-state index contributed by atoms with van der Waals surface area (Å²) < 4.78 is 1.32. The maximum atomic E-state index is 4.57. The van der Waals surface area contributed by atoms with E-state index in [1.165, 1.54) is 10.1 Å². The predicted molar refractivity (Wildman–Crippen MR) is 80.5 cm³/mol. The van der Waals surface area contributed by atoms with E-state index in [2.05, 4.69) is 57.2 Å². The fourth-order valence-corrected chi connectivity index (χ4v) is 2.97. The first kappa shape index (κ1) is 12.8. The van der Waals surface area contributed by atoms with Crippen LogP contribution in [-0.4, -0.2) is 22.9 Å². The maximum absolute atomic E-state index is 4.57. The Bertz CT molecular complexity index is 481. The molecule has 0 spiro atoms. The van der Waals surface area contributed by atoms with E-state index in [0.717, 1.165) is 24.1 Å². The van der Waals surface area contributed by atoms with Gasteiger partial charge < -0.3 is 4.90 Å². The zero-order chi connectivity index (χ0) is 12.3. The van der Waals surface area contributed by atoms with Gasteiger partial charge in [-0.15, -0.1) is 11.3 Å². The standard InChI is InChI=1S/C13H17BrN2S/c1-10(2)16(8-3-6-14)13-11-5-9-17-12(11)4-7-15-13/h4-5,7,9-10H,3,6,8H2,1-2H3. The summed E-state index contributed by atoms with van der Waals surface area (Å²) in [5.41, 5.74) is 0. The van der Waals surface area contributed by atoms with Gasteiger partial charge in [0.25, 0.3) is 0 Å². The minimum absolute atomic E-state index is 0.479. The summed E-state index contributed by atoms with van der Waals surface area (Å²) in [6, 6.07) is 4.74. The molecule has 2 aromatic rings. The molecule has 4 heteroatoms. The van der Waals surface area contributed by atoms with Gasteiger partial charge >= 0.3 is 0 Å². The van der Waals surface area contributed by atoms with Gasteiger partial charge in [-0.25, -0.2) is 4.98 Å². The summed E-state index contributed by atoms with van der Waals surface area (Å²) in [4.78, 5) is 6.96. The molecule has 0 fully saturated rings. The van der Waals surface area contributed by atoms with E-state index < -0.39 is 0 Å². The van der Waals surface area contributed by atoms with Crippen molar-refractivity contribution in [1.29, 1.82) is 0 Å². The second-order valence-corrected chi connectivity index (χ2v) is 6.04. The molecule has 2 aromatic heterocycles. The van der Waals surface area contributed by atoms with E-state index in [9.17, 15) is 0 Å². The number of rotatable bonds is 5. The van der Waals surface area contributed by atoms with Gasteiger partial charge in [0.15, 0.2) is 0 Å². The lowest BCUT2D eigenvalue weighted by atomic mass is 10.2. The largest absolute Gasteiger partial charge is 0.354 e. The van der Waals surface area contributed by atoms with Crippen molar-refractivity contribution >= 4 is 43.2 Å². The first-order valence-electron chi connectivity index (χ1n) is 5.89. The summed E-state index contributed by atoms with van der Waals surface area (Å²) in [5, 5.41) is 4.45. The monoisotopic (exact) mass is 312 g/mol. The molecule has 0 N–H and O–H groups in total. The lowest BCUT2D eigenvalue weighted by molar-refractivity contribution is 0.668. The third kappa shape index (κ3) is 2.80. The van der Waals surface area contributed by atoms with Gasteiger partial charge in [0.2, 0.25) is 0 Å². The summed E-state index contributed by atoms with van der Waals surface area (Å²) in [5.74, 6) is 1.12. The average molecular weight is 313 g/mol. The van der Waals surface area contributed by atoms with Gasteiger partial charge in [-0.05, 0) is 37.8 Å². The number of thiophene rings is 1. The molecule has 0 aliphatic carbocycles. The predicted octanol–water partition coefficient (Wildman–Crippen LogP) is 4.30. The fraction of sp³-hybridized carbons (Fsp3) is 0.462. The number of fused-ring (bicyclic) bond motifs is 1. The zero-order valence-electron chi connectivity index (χ0n) is 10.2. The Balaban J connectivity index is 2.37. The van der Waals surface area contributed by atoms with Crippen molar-refractivity contribution in [3.8, 4) is 0 Å². The van der Waals surface area contributed by atoms with Crippen LogP contribution in [0.2, 0.25) is 0 Å². The zero-order valence-corrected chi connectivity index (χ0v) is 12.6. The van der Waals surface area contributed by atoms with Crippen LogP contribution >= 0.6 is 27.3 Å². The lowest BCUT2D eigenvalue weighted by Crippen LogP contribution is -2.32. The van der Waals surface area contributed by atoms with Gasteiger partial charge in [-0.1, -0.05) is 15.9 Å². The molecule has 17 heavy (non-hydrogen) atoms. The highest BCUT2D eigenvalue weighted by Gasteiger charge is 2.14. The second-order valence-electron chi connectivity index (χ2n) is 4.30. The van der Waals surface area contributed by atoms with Crippen molar-refractivity contribution in [3.05, 3.63) is 23.7 Å². The minimum Gasteiger partial charge on any atom is -0.354 e. The summed E-state index contributed by atoms with van der Waals surface area (Å²) >= 11 is 5.28. The summed E-state index contributed by atoms with van der Waals surface area (Å²) in [7, 11) is 0. The number of hydrogen-bond donors (Lipinski definition) is 0. The van der Waals surface area contributed by atoms with Crippen molar-refractivity contribution in [3.63, 3.8) is 0 Å². The molecule has 0 aliphatic heterocycles. The van der Waals surface area contributed by atoms with Gasteiger partial charge in [0.1, 0.15) is 5.82 Å². The number of anilines is 1. The van der Waals surface area contributed by atoms with Crippen LogP contribution in [0, 0.1) is 0 Å². The number of hydrogen-bond acceptors (Lipinski definition) is 3. The van der Waals surface area contributed by atoms with Crippen LogP contribution in [0.15, 0.2) is 23.7 Å². The molecular weight excluding hydrogens is 296 g/mol. The fourth-order valence-electron chi connectivity index (χ4n) is 1.95. The van der Waals surface area contributed by atoms with E-state index in [1.807, 2.05) is 6.20 Å². The van der Waals surface area contributed by atoms with E-state index >= 15 is 0 Å². The molecule has 2 rings (SSSR count). The Morgan fingerprint density at radius 2 is 2.24 bits per heavy atom. The first-order valence-corrected chi connectivity index (χ1v) is 7.89. The van der Waals surface area contributed by atoms with Crippen LogP contribution in [0.25, 0.3) is 10.1 Å². The summed E-state index contributed by atoms with van der Waals surface area (Å²) in [6.07, 6.45) is 3.05. The smallest absolute Gasteiger partial charge is 0.137 e. The van der Waals surface area contributed by atoms with Crippen LogP contribution in [0.5, 0.6) is 0 Å². The third-order valence-electron chi connectivity index (χ3n) is 2.79.